The highest BCUT2D eigenvalue weighted by atomic mass is 16.4. The first-order chi connectivity index (χ1) is 10.0. The second kappa shape index (κ2) is 6.42. The molecule has 0 aliphatic rings. The van der Waals surface area contributed by atoms with Crippen LogP contribution in [0.4, 0.5) is 10.5 Å². The first-order valence-corrected chi connectivity index (χ1v) is 6.11. The Labute approximate surface area is 119 Å². The van der Waals surface area contributed by atoms with Gasteiger partial charge in [-0.1, -0.05) is 12.1 Å². The molecule has 8 nitrogen and oxygen atoms in total. The third kappa shape index (κ3) is 4.23. The number of carboxylic acids is 1. The zero-order chi connectivity index (χ0) is 15.2. The lowest BCUT2D eigenvalue weighted by Crippen LogP contribution is -2.44. The van der Waals surface area contributed by atoms with E-state index in [0.717, 1.165) is 0 Å². The number of aromatic amines is 1. The van der Waals surface area contributed by atoms with E-state index in [0.29, 0.717) is 11.3 Å². The number of aromatic hydroxyl groups is 1. The fourth-order valence-corrected chi connectivity index (χ4v) is 1.71. The molecule has 0 saturated heterocycles. The molecule has 1 aromatic heterocycles. The number of rotatable bonds is 5. The van der Waals surface area contributed by atoms with E-state index in [1.807, 2.05) is 0 Å². The summed E-state index contributed by atoms with van der Waals surface area (Å²) in [4.78, 5) is 22.9. The molecule has 1 atom stereocenters. The van der Waals surface area contributed by atoms with Crippen molar-refractivity contribution < 1.29 is 19.8 Å². The third-order valence-corrected chi connectivity index (χ3v) is 2.74. The summed E-state index contributed by atoms with van der Waals surface area (Å²) in [6, 6.07) is 4.39. The molecule has 1 heterocycles. The number of benzene rings is 1. The maximum absolute atomic E-state index is 11.7. The van der Waals surface area contributed by atoms with Crippen LogP contribution >= 0.6 is 0 Å². The van der Waals surface area contributed by atoms with Gasteiger partial charge < -0.3 is 20.8 Å². The average molecular weight is 290 g/mol. The number of anilines is 1. The van der Waals surface area contributed by atoms with Crippen LogP contribution in [0.5, 0.6) is 5.75 Å². The quantitative estimate of drug-likeness (QED) is 0.560. The summed E-state index contributed by atoms with van der Waals surface area (Å²) in [5.41, 5.74) is 1.12. The Morgan fingerprint density at radius 1 is 1.29 bits per heavy atom. The van der Waals surface area contributed by atoms with Crippen molar-refractivity contribution in [3.63, 3.8) is 0 Å². The van der Waals surface area contributed by atoms with Crippen molar-refractivity contribution in [2.45, 2.75) is 12.5 Å². The topological polar surface area (TPSA) is 127 Å². The molecule has 0 fully saturated rings. The molecule has 0 saturated carbocycles. The van der Waals surface area contributed by atoms with Gasteiger partial charge in [-0.3, -0.25) is 5.10 Å². The predicted molar refractivity (Wildman–Crippen MR) is 74.0 cm³/mol. The fraction of sp³-hybridized carbons (Fsp3) is 0.154. The molecule has 2 rings (SSSR count). The van der Waals surface area contributed by atoms with E-state index < -0.39 is 18.0 Å². The van der Waals surface area contributed by atoms with Gasteiger partial charge in [0.25, 0.3) is 0 Å². The minimum atomic E-state index is -1.15. The highest BCUT2D eigenvalue weighted by Gasteiger charge is 2.20. The summed E-state index contributed by atoms with van der Waals surface area (Å²) in [7, 11) is 0. The van der Waals surface area contributed by atoms with E-state index >= 15 is 0 Å². The number of phenolic OH excluding ortho intramolecular Hbond substituents is 1. The van der Waals surface area contributed by atoms with Crippen LogP contribution in [0.1, 0.15) is 5.56 Å². The van der Waals surface area contributed by atoms with Gasteiger partial charge in [0.1, 0.15) is 11.8 Å². The van der Waals surface area contributed by atoms with E-state index in [4.69, 9.17) is 5.11 Å². The van der Waals surface area contributed by atoms with E-state index in [1.54, 1.807) is 12.1 Å². The van der Waals surface area contributed by atoms with E-state index in [-0.39, 0.29) is 12.2 Å². The number of nitrogens with one attached hydrogen (secondary N) is 3. The second-order valence-corrected chi connectivity index (χ2v) is 4.35. The molecule has 110 valence electrons. The average Bonchev–Trinajstić information content (AvgIpc) is 2.93. The number of aromatic nitrogens is 2. The van der Waals surface area contributed by atoms with Crippen molar-refractivity contribution in [1.82, 2.24) is 15.5 Å². The standard InChI is InChI=1S/C13H14N4O4/c18-10-3-1-8(2-4-10)5-11(12(19)20)17-13(21)16-9-6-14-15-7-9/h1-4,6-7,11,18H,5H2,(H,14,15)(H,19,20)(H2,16,17,21)/t11-/m1/s1. The molecule has 0 unspecified atom stereocenters. The Morgan fingerprint density at radius 2 is 2.00 bits per heavy atom. The Bertz CT molecular complexity index is 610. The number of phenols is 1. The summed E-state index contributed by atoms with van der Waals surface area (Å²) in [5, 5.41) is 29.3. The van der Waals surface area contributed by atoms with E-state index in [2.05, 4.69) is 20.8 Å². The van der Waals surface area contributed by atoms with Crippen molar-refractivity contribution in [3.8, 4) is 5.75 Å². The van der Waals surface area contributed by atoms with E-state index in [1.165, 1.54) is 24.5 Å². The van der Waals surface area contributed by atoms with Gasteiger partial charge in [-0.2, -0.15) is 5.10 Å². The molecular weight excluding hydrogens is 276 g/mol. The minimum absolute atomic E-state index is 0.0938. The number of carboxylic acid groups (broad SMARTS) is 1. The van der Waals surface area contributed by atoms with Gasteiger partial charge in [0.15, 0.2) is 0 Å². The number of H-pyrrole nitrogens is 1. The van der Waals surface area contributed by atoms with Crippen LogP contribution in [0, 0.1) is 0 Å². The Balaban J connectivity index is 1.97. The number of hydrogen-bond acceptors (Lipinski definition) is 4. The number of hydrogen-bond donors (Lipinski definition) is 5. The van der Waals surface area contributed by atoms with Crippen LogP contribution in [0.3, 0.4) is 0 Å². The highest BCUT2D eigenvalue weighted by Crippen LogP contribution is 2.11. The van der Waals surface area contributed by atoms with Gasteiger partial charge >= 0.3 is 12.0 Å². The van der Waals surface area contributed by atoms with Gasteiger partial charge in [0.2, 0.25) is 0 Å². The van der Waals surface area contributed by atoms with Crippen LogP contribution in [0.25, 0.3) is 0 Å². The molecule has 0 bridgehead atoms. The maximum atomic E-state index is 11.7. The van der Waals surface area contributed by atoms with Crippen LogP contribution in [0.2, 0.25) is 0 Å². The van der Waals surface area contributed by atoms with Crippen molar-refractivity contribution in [2.75, 3.05) is 5.32 Å². The third-order valence-electron chi connectivity index (χ3n) is 2.74. The molecule has 0 aliphatic carbocycles. The summed E-state index contributed by atoms with van der Waals surface area (Å²) in [6.45, 7) is 0. The number of nitrogens with zero attached hydrogens (tertiary/aromatic N) is 1. The molecule has 0 radical (unpaired) electrons. The largest absolute Gasteiger partial charge is 0.508 e. The second-order valence-electron chi connectivity index (χ2n) is 4.35. The number of amides is 2. The lowest BCUT2D eigenvalue weighted by molar-refractivity contribution is -0.139. The first kappa shape index (κ1) is 14.4. The first-order valence-electron chi connectivity index (χ1n) is 6.11. The molecule has 21 heavy (non-hydrogen) atoms. The SMILES string of the molecule is O=C(Nc1cn[nH]c1)N[C@H](Cc1ccc(O)cc1)C(=O)O. The minimum Gasteiger partial charge on any atom is -0.508 e. The van der Waals surface area contributed by atoms with Gasteiger partial charge in [-0.05, 0) is 17.7 Å². The van der Waals surface area contributed by atoms with Gasteiger partial charge in [0, 0.05) is 12.6 Å². The Hall–Kier alpha value is -3.03. The molecular formula is C13H14N4O4. The number of carbonyl (C=O) groups is 2. The molecule has 0 aliphatic heterocycles. The monoisotopic (exact) mass is 290 g/mol. The molecule has 5 N–H and O–H groups in total. The van der Waals surface area contributed by atoms with Crippen molar-refractivity contribution >= 4 is 17.7 Å². The van der Waals surface area contributed by atoms with Crippen LogP contribution < -0.4 is 10.6 Å². The zero-order valence-electron chi connectivity index (χ0n) is 10.9. The fourth-order valence-electron chi connectivity index (χ4n) is 1.71. The van der Waals surface area contributed by atoms with Crippen LogP contribution in [-0.4, -0.2) is 38.5 Å². The number of aliphatic carboxylic acids is 1. The van der Waals surface area contributed by atoms with Crippen molar-refractivity contribution in [2.24, 2.45) is 0 Å². The molecule has 2 aromatic rings. The summed E-state index contributed by atoms with van der Waals surface area (Å²) >= 11 is 0. The lowest BCUT2D eigenvalue weighted by atomic mass is 10.1. The normalized spacial score (nSPS) is 11.6. The number of urea groups is 1. The lowest BCUT2D eigenvalue weighted by Gasteiger charge is -2.14. The molecule has 1 aromatic carbocycles. The highest BCUT2D eigenvalue weighted by molar-refractivity contribution is 5.92. The smallest absolute Gasteiger partial charge is 0.326 e. The van der Waals surface area contributed by atoms with E-state index in [9.17, 15) is 14.7 Å². The molecule has 0 spiro atoms. The van der Waals surface area contributed by atoms with Crippen molar-refractivity contribution in [1.29, 1.82) is 0 Å². The number of carbonyl (C=O) groups excluding carboxylic acids is 1. The Kier molecular flexibility index (Phi) is 4.39. The van der Waals surface area contributed by atoms with Crippen molar-refractivity contribution in [3.05, 3.63) is 42.2 Å². The van der Waals surface area contributed by atoms with Gasteiger partial charge in [0.05, 0.1) is 11.9 Å². The zero-order valence-corrected chi connectivity index (χ0v) is 10.9. The van der Waals surface area contributed by atoms with Gasteiger partial charge in [-0.25, -0.2) is 9.59 Å². The maximum Gasteiger partial charge on any atom is 0.326 e. The van der Waals surface area contributed by atoms with Crippen LogP contribution in [0.15, 0.2) is 36.7 Å². The summed E-state index contributed by atoms with van der Waals surface area (Å²) in [5.74, 6) is -1.05. The molecule has 8 heteroatoms. The summed E-state index contributed by atoms with van der Waals surface area (Å²) in [6.07, 6.45) is 2.97. The predicted octanol–water partition coefficient (Wildman–Crippen LogP) is 0.933. The van der Waals surface area contributed by atoms with Crippen LogP contribution in [-0.2, 0) is 11.2 Å². The Morgan fingerprint density at radius 3 is 2.57 bits per heavy atom. The molecule has 2 amide bonds. The van der Waals surface area contributed by atoms with Gasteiger partial charge in [-0.15, -0.1) is 0 Å². The summed E-state index contributed by atoms with van der Waals surface area (Å²) < 4.78 is 0.